The van der Waals surface area contributed by atoms with Crippen molar-refractivity contribution >= 4 is 22.7 Å². The first-order chi connectivity index (χ1) is 10.8. The van der Waals surface area contributed by atoms with E-state index < -0.39 is 0 Å². The minimum Gasteiger partial charge on any atom is -0.385 e. The first-order valence-corrected chi connectivity index (χ1v) is 7.87. The van der Waals surface area contributed by atoms with E-state index in [1.165, 1.54) is 5.69 Å². The van der Waals surface area contributed by atoms with Crippen LogP contribution in [0, 0.1) is 0 Å². The van der Waals surface area contributed by atoms with Gasteiger partial charge in [-0.05, 0) is 69.3 Å². The third-order valence-electron chi connectivity index (χ3n) is 3.51. The summed E-state index contributed by atoms with van der Waals surface area (Å²) in [6.45, 7) is 9.34. The number of rotatable bonds is 7. The average molecular weight is 296 g/mol. The van der Waals surface area contributed by atoms with E-state index in [0.29, 0.717) is 0 Å². The molecule has 2 aromatic carbocycles. The number of anilines is 2. The van der Waals surface area contributed by atoms with E-state index in [0.717, 1.165) is 36.7 Å². The van der Waals surface area contributed by atoms with Crippen molar-refractivity contribution in [1.29, 1.82) is 0 Å². The fraction of sp³-hybridized carbons (Fsp3) is 0.333. The molecule has 0 aromatic heterocycles. The van der Waals surface area contributed by atoms with E-state index in [1.54, 1.807) is 0 Å². The van der Waals surface area contributed by atoms with Crippen LogP contribution in [0.2, 0.25) is 0 Å². The van der Waals surface area contributed by atoms with Crippen LogP contribution in [0.25, 0.3) is 0 Å². The summed E-state index contributed by atoms with van der Waals surface area (Å²) < 4.78 is 0. The minimum absolute atomic E-state index is 0.856. The molecule has 0 heterocycles. The van der Waals surface area contributed by atoms with Crippen molar-refractivity contribution in [2.24, 2.45) is 10.2 Å². The predicted molar refractivity (Wildman–Crippen MR) is 94.8 cm³/mol. The van der Waals surface area contributed by atoms with Gasteiger partial charge in [-0.15, -0.1) is 0 Å². The quantitative estimate of drug-likeness (QED) is 0.697. The molecule has 0 saturated carbocycles. The molecule has 22 heavy (non-hydrogen) atoms. The Bertz CT molecular complexity index is 583. The summed E-state index contributed by atoms with van der Waals surface area (Å²) >= 11 is 0. The average Bonchev–Trinajstić information content (AvgIpc) is 2.57. The van der Waals surface area contributed by atoms with E-state index in [4.69, 9.17) is 0 Å². The maximum atomic E-state index is 4.29. The topological polar surface area (TPSA) is 40.0 Å². The Morgan fingerprint density at radius 2 is 1.27 bits per heavy atom. The lowest BCUT2D eigenvalue weighted by Gasteiger charge is -2.20. The van der Waals surface area contributed by atoms with Gasteiger partial charge < -0.3 is 10.2 Å². The van der Waals surface area contributed by atoms with Crippen molar-refractivity contribution in [3.8, 4) is 0 Å². The molecule has 0 radical (unpaired) electrons. The standard InChI is InChI=1S/C18H24N4/c1-4-19-15-7-9-16(10-8-15)20-21-17-11-13-18(14-12-17)22(5-2)6-3/h7-14,19H,4-6H2,1-3H3. The van der Waals surface area contributed by atoms with Gasteiger partial charge in [-0.25, -0.2) is 0 Å². The molecule has 0 aliphatic carbocycles. The van der Waals surface area contributed by atoms with Gasteiger partial charge >= 0.3 is 0 Å². The fourth-order valence-electron chi connectivity index (χ4n) is 2.28. The predicted octanol–water partition coefficient (Wildman–Crippen LogP) is 5.38. The molecule has 0 atom stereocenters. The van der Waals surface area contributed by atoms with Crippen LogP contribution < -0.4 is 10.2 Å². The van der Waals surface area contributed by atoms with Crippen molar-refractivity contribution in [3.05, 3.63) is 48.5 Å². The van der Waals surface area contributed by atoms with Crippen LogP contribution in [0.5, 0.6) is 0 Å². The molecule has 0 bridgehead atoms. The van der Waals surface area contributed by atoms with Crippen molar-refractivity contribution in [2.75, 3.05) is 29.9 Å². The maximum absolute atomic E-state index is 4.29. The van der Waals surface area contributed by atoms with E-state index in [9.17, 15) is 0 Å². The monoisotopic (exact) mass is 296 g/mol. The summed E-state index contributed by atoms with van der Waals surface area (Å²) in [5.41, 5.74) is 4.05. The maximum Gasteiger partial charge on any atom is 0.0858 e. The number of azo groups is 1. The summed E-state index contributed by atoms with van der Waals surface area (Å²) in [5, 5.41) is 11.8. The van der Waals surface area contributed by atoms with E-state index >= 15 is 0 Å². The highest BCUT2D eigenvalue weighted by molar-refractivity contribution is 5.53. The molecule has 0 spiro atoms. The number of benzene rings is 2. The van der Waals surface area contributed by atoms with Gasteiger partial charge in [-0.3, -0.25) is 0 Å². The number of hydrogen-bond donors (Lipinski definition) is 1. The van der Waals surface area contributed by atoms with Crippen LogP contribution in [-0.4, -0.2) is 19.6 Å². The van der Waals surface area contributed by atoms with Crippen LogP contribution in [0.15, 0.2) is 58.8 Å². The fourth-order valence-corrected chi connectivity index (χ4v) is 2.28. The van der Waals surface area contributed by atoms with Gasteiger partial charge in [0.2, 0.25) is 0 Å². The molecule has 0 unspecified atom stereocenters. The molecule has 116 valence electrons. The molecule has 2 rings (SSSR count). The first-order valence-electron chi connectivity index (χ1n) is 7.87. The summed E-state index contributed by atoms with van der Waals surface area (Å²) in [5.74, 6) is 0. The lowest BCUT2D eigenvalue weighted by molar-refractivity contribution is 0.866. The molecule has 2 aromatic rings. The molecule has 0 amide bonds. The molecular formula is C18H24N4. The van der Waals surface area contributed by atoms with Gasteiger partial charge in [0.15, 0.2) is 0 Å². The number of hydrogen-bond acceptors (Lipinski definition) is 4. The van der Waals surface area contributed by atoms with Crippen molar-refractivity contribution in [2.45, 2.75) is 20.8 Å². The number of nitrogens with one attached hydrogen (secondary N) is 1. The van der Waals surface area contributed by atoms with E-state index in [-0.39, 0.29) is 0 Å². The number of nitrogens with zero attached hydrogens (tertiary/aromatic N) is 3. The summed E-state index contributed by atoms with van der Waals surface area (Å²) in [7, 11) is 0. The second-order valence-corrected chi connectivity index (χ2v) is 4.97. The SMILES string of the molecule is CCNc1ccc(N=Nc2ccc(N(CC)CC)cc2)cc1. The van der Waals surface area contributed by atoms with Gasteiger partial charge in [-0.2, -0.15) is 10.2 Å². The van der Waals surface area contributed by atoms with Crippen LogP contribution in [0.3, 0.4) is 0 Å². The summed E-state index contributed by atoms with van der Waals surface area (Å²) in [6.07, 6.45) is 0. The van der Waals surface area contributed by atoms with Crippen LogP contribution in [-0.2, 0) is 0 Å². The Labute approximate surface area is 132 Å². The lowest BCUT2D eigenvalue weighted by Crippen LogP contribution is -2.21. The Morgan fingerprint density at radius 1 is 0.773 bits per heavy atom. The third kappa shape index (κ3) is 4.32. The van der Waals surface area contributed by atoms with Crippen LogP contribution in [0.4, 0.5) is 22.7 Å². The highest BCUT2D eigenvalue weighted by Gasteiger charge is 2.00. The molecule has 0 aliphatic heterocycles. The molecule has 1 N–H and O–H groups in total. The Balaban J connectivity index is 2.03. The molecule has 4 heteroatoms. The Kier molecular flexibility index (Phi) is 5.95. The largest absolute Gasteiger partial charge is 0.385 e. The smallest absolute Gasteiger partial charge is 0.0858 e. The molecular weight excluding hydrogens is 272 g/mol. The summed E-state index contributed by atoms with van der Waals surface area (Å²) in [4.78, 5) is 2.31. The van der Waals surface area contributed by atoms with Crippen LogP contribution >= 0.6 is 0 Å². The normalized spacial score (nSPS) is 10.9. The third-order valence-corrected chi connectivity index (χ3v) is 3.51. The highest BCUT2D eigenvalue weighted by atomic mass is 15.1. The van der Waals surface area contributed by atoms with Gasteiger partial charge in [0, 0.05) is 31.0 Å². The second kappa shape index (κ2) is 8.17. The Hall–Kier alpha value is -2.36. The highest BCUT2D eigenvalue weighted by Crippen LogP contribution is 2.23. The Morgan fingerprint density at radius 3 is 1.73 bits per heavy atom. The van der Waals surface area contributed by atoms with Gasteiger partial charge in [-0.1, -0.05) is 0 Å². The minimum atomic E-state index is 0.856. The molecule has 0 saturated heterocycles. The van der Waals surface area contributed by atoms with Crippen molar-refractivity contribution in [3.63, 3.8) is 0 Å². The first kappa shape index (κ1) is 16.0. The zero-order valence-corrected chi connectivity index (χ0v) is 13.6. The van der Waals surface area contributed by atoms with Gasteiger partial charge in [0.25, 0.3) is 0 Å². The van der Waals surface area contributed by atoms with Crippen molar-refractivity contribution < 1.29 is 0 Å². The van der Waals surface area contributed by atoms with Crippen molar-refractivity contribution in [1.82, 2.24) is 0 Å². The van der Waals surface area contributed by atoms with E-state index in [1.807, 2.05) is 36.4 Å². The lowest BCUT2D eigenvalue weighted by atomic mass is 10.2. The molecule has 4 nitrogen and oxygen atoms in total. The zero-order valence-electron chi connectivity index (χ0n) is 13.6. The second-order valence-electron chi connectivity index (χ2n) is 4.97. The molecule has 0 aliphatic rings. The van der Waals surface area contributed by atoms with Gasteiger partial charge in [0.05, 0.1) is 11.4 Å². The van der Waals surface area contributed by atoms with E-state index in [2.05, 4.69) is 53.3 Å². The van der Waals surface area contributed by atoms with Crippen LogP contribution in [0.1, 0.15) is 20.8 Å². The zero-order chi connectivity index (χ0) is 15.8. The molecule has 0 fully saturated rings. The summed E-state index contributed by atoms with van der Waals surface area (Å²) in [6, 6.07) is 16.2. The van der Waals surface area contributed by atoms with Gasteiger partial charge in [0.1, 0.15) is 0 Å².